The first-order valence-electron chi connectivity index (χ1n) is 13.0. The van der Waals surface area contributed by atoms with Crippen LogP contribution in [0.1, 0.15) is 120 Å². The van der Waals surface area contributed by atoms with E-state index in [-0.39, 0.29) is 46.6 Å². The van der Waals surface area contributed by atoms with Gasteiger partial charge in [-0.2, -0.15) is 0 Å². The molecule has 2 aromatic rings. The van der Waals surface area contributed by atoms with E-state index in [1.165, 1.54) is 36.4 Å². The third kappa shape index (κ3) is 6.95. The van der Waals surface area contributed by atoms with Crippen LogP contribution in [0.4, 0.5) is 0 Å². The summed E-state index contributed by atoms with van der Waals surface area (Å²) in [5.74, 6) is -4.00. The largest absolute Gasteiger partial charge is 0.462 e. The summed E-state index contributed by atoms with van der Waals surface area (Å²) in [6.07, 6.45) is 8.65. The predicted molar refractivity (Wildman–Crippen MR) is 134 cm³/mol. The van der Waals surface area contributed by atoms with Crippen molar-refractivity contribution in [2.45, 2.75) is 57.8 Å². The molecule has 4 rings (SSSR count). The van der Waals surface area contributed by atoms with E-state index in [0.29, 0.717) is 0 Å². The van der Waals surface area contributed by atoms with Crippen LogP contribution in [-0.4, -0.2) is 49.0 Å². The molecule has 0 saturated heterocycles. The molecule has 10 heteroatoms. The third-order valence-electron chi connectivity index (χ3n) is 6.52. The van der Waals surface area contributed by atoms with E-state index >= 15 is 0 Å². The van der Waals surface area contributed by atoms with Gasteiger partial charge in [-0.3, -0.25) is 0 Å². The van der Waals surface area contributed by atoms with Gasteiger partial charge in [-0.25, -0.2) is 28.8 Å². The van der Waals surface area contributed by atoms with Gasteiger partial charge in [0.1, 0.15) is 0 Å². The molecule has 0 radical (unpaired) electrons. The van der Waals surface area contributed by atoms with E-state index in [4.69, 9.17) is 9.47 Å². The van der Waals surface area contributed by atoms with Crippen molar-refractivity contribution in [2.75, 3.05) is 13.2 Å². The van der Waals surface area contributed by atoms with Crippen LogP contribution in [0.25, 0.3) is 0 Å². The topological polar surface area (TPSA) is 139 Å². The molecule has 2 aliphatic heterocycles. The summed E-state index contributed by atoms with van der Waals surface area (Å²) >= 11 is 0. The number of rotatable bonds is 14. The van der Waals surface area contributed by atoms with E-state index in [1.807, 2.05) is 0 Å². The first-order chi connectivity index (χ1) is 18.8. The SMILES string of the molecule is O=C(OCCCCCCCCCCCOC(=O)c1ccc2c(c1)C(=O)OC2=O)c1ccc2c(c1)C(=O)OC2=O. The number of cyclic esters (lactones) is 4. The van der Waals surface area contributed by atoms with Gasteiger partial charge in [0, 0.05) is 0 Å². The quantitative estimate of drug-likeness (QED) is 0.143. The van der Waals surface area contributed by atoms with Crippen molar-refractivity contribution < 1.29 is 47.7 Å². The Morgan fingerprint density at radius 2 is 0.821 bits per heavy atom. The number of hydrogen-bond acceptors (Lipinski definition) is 10. The van der Waals surface area contributed by atoms with Crippen LogP contribution in [0, 0.1) is 0 Å². The second-order valence-corrected chi connectivity index (χ2v) is 9.33. The van der Waals surface area contributed by atoms with Crippen molar-refractivity contribution in [1.82, 2.24) is 0 Å². The molecule has 0 atom stereocenters. The van der Waals surface area contributed by atoms with E-state index in [2.05, 4.69) is 9.47 Å². The number of ether oxygens (including phenoxy) is 4. The zero-order valence-corrected chi connectivity index (χ0v) is 21.3. The Labute approximate surface area is 224 Å². The smallest absolute Gasteiger partial charge is 0.346 e. The molecule has 204 valence electrons. The highest BCUT2D eigenvalue weighted by Gasteiger charge is 2.31. The van der Waals surface area contributed by atoms with Gasteiger partial charge in [0.25, 0.3) is 0 Å². The van der Waals surface area contributed by atoms with Gasteiger partial charge in [0.15, 0.2) is 0 Å². The lowest BCUT2D eigenvalue weighted by atomic mass is 10.1. The minimum atomic E-state index is -0.755. The summed E-state index contributed by atoms with van der Waals surface area (Å²) in [5.41, 5.74) is 0.896. The fourth-order valence-corrected chi connectivity index (χ4v) is 4.36. The van der Waals surface area contributed by atoms with Gasteiger partial charge in [-0.05, 0) is 49.2 Å². The second-order valence-electron chi connectivity index (χ2n) is 9.33. The molecular weight excluding hydrogens is 508 g/mol. The van der Waals surface area contributed by atoms with Gasteiger partial charge >= 0.3 is 35.8 Å². The summed E-state index contributed by atoms with van der Waals surface area (Å²) in [6.45, 7) is 0.567. The van der Waals surface area contributed by atoms with Crippen LogP contribution in [0.5, 0.6) is 0 Å². The van der Waals surface area contributed by atoms with Crippen LogP contribution in [0.2, 0.25) is 0 Å². The minimum Gasteiger partial charge on any atom is -0.462 e. The zero-order valence-electron chi connectivity index (χ0n) is 21.3. The molecule has 0 amide bonds. The van der Waals surface area contributed by atoms with Crippen molar-refractivity contribution in [1.29, 1.82) is 0 Å². The highest BCUT2D eigenvalue weighted by Crippen LogP contribution is 2.23. The summed E-state index contributed by atoms with van der Waals surface area (Å²) < 4.78 is 19.6. The molecule has 2 aliphatic rings. The predicted octanol–water partition coefficient (Wildman–Crippen LogP) is 4.83. The second kappa shape index (κ2) is 12.9. The van der Waals surface area contributed by atoms with E-state index in [0.717, 1.165) is 57.8 Å². The molecule has 0 spiro atoms. The molecule has 10 nitrogen and oxygen atoms in total. The molecule has 0 saturated carbocycles. The highest BCUT2D eigenvalue weighted by molar-refractivity contribution is 6.16. The van der Waals surface area contributed by atoms with Gasteiger partial charge in [0.2, 0.25) is 0 Å². The van der Waals surface area contributed by atoms with Crippen molar-refractivity contribution >= 4 is 35.8 Å². The lowest BCUT2D eigenvalue weighted by Gasteiger charge is -2.06. The Morgan fingerprint density at radius 1 is 0.487 bits per heavy atom. The van der Waals surface area contributed by atoms with Gasteiger partial charge in [-0.1, -0.05) is 44.9 Å². The molecular formula is C29H28O10. The molecule has 0 unspecified atom stereocenters. The van der Waals surface area contributed by atoms with Crippen molar-refractivity contribution in [3.05, 3.63) is 69.8 Å². The maximum absolute atomic E-state index is 12.2. The number of unbranched alkanes of at least 4 members (excludes halogenated alkanes) is 8. The first kappa shape index (κ1) is 27.7. The van der Waals surface area contributed by atoms with Crippen LogP contribution in [0.15, 0.2) is 36.4 Å². The molecule has 2 heterocycles. The summed E-state index contributed by atoms with van der Waals surface area (Å²) in [7, 11) is 0. The molecule has 0 aliphatic carbocycles. The Hall–Kier alpha value is -4.34. The van der Waals surface area contributed by atoms with Gasteiger partial charge < -0.3 is 18.9 Å². The lowest BCUT2D eigenvalue weighted by molar-refractivity contribution is 0.0425. The average molecular weight is 537 g/mol. The third-order valence-corrected chi connectivity index (χ3v) is 6.52. The zero-order chi connectivity index (χ0) is 27.8. The summed E-state index contributed by atoms with van der Waals surface area (Å²) in [4.78, 5) is 70.5. The Kier molecular flexibility index (Phi) is 9.19. The molecule has 0 bridgehead atoms. The molecule has 2 aromatic carbocycles. The fraction of sp³-hybridized carbons (Fsp3) is 0.379. The van der Waals surface area contributed by atoms with Gasteiger partial charge in [0.05, 0.1) is 46.6 Å². The monoisotopic (exact) mass is 536 g/mol. The number of carbonyl (C=O) groups is 6. The average Bonchev–Trinajstić information content (AvgIpc) is 3.38. The summed E-state index contributed by atoms with van der Waals surface area (Å²) in [6, 6.07) is 8.33. The standard InChI is InChI=1S/C29H28O10/c30-24(18-10-12-20-22(16-18)28(34)38-26(20)32)36-14-8-6-4-2-1-3-5-7-9-15-37-25(31)19-11-13-21-23(17-19)29(35)39-27(21)33/h10-13,16-17H,1-9,14-15H2. The Morgan fingerprint density at radius 3 is 1.21 bits per heavy atom. The normalized spacial score (nSPS) is 13.5. The minimum absolute atomic E-state index is 0.0829. The van der Waals surface area contributed by atoms with Crippen molar-refractivity contribution in [3.8, 4) is 0 Å². The fourth-order valence-electron chi connectivity index (χ4n) is 4.36. The highest BCUT2D eigenvalue weighted by atomic mass is 16.6. The number of benzene rings is 2. The first-order valence-corrected chi connectivity index (χ1v) is 13.0. The van der Waals surface area contributed by atoms with Crippen LogP contribution in [-0.2, 0) is 18.9 Å². The Bertz CT molecular complexity index is 1210. The van der Waals surface area contributed by atoms with Crippen LogP contribution >= 0.6 is 0 Å². The molecule has 0 aromatic heterocycles. The number of carbonyl (C=O) groups excluding carboxylic acids is 6. The molecule has 0 fully saturated rings. The number of esters is 6. The molecule has 39 heavy (non-hydrogen) atoms. The van der Waals surface area contributed by atoms with Crippen LogP contribution in [0.3, 0.4) is 0 Å². The number of hydrogen-bond donors (Lipinski definition) is 0. The lowest BCUT2D eigenvalue weighted by Crippen LogP contribution is -2.08. The van der Waals surface area contributed by atoms with Crippen LogP contribution < -0.4 is 0 Å². The van der Waals surface area contributed by atoms with E-state index in [1.54, 1.807) is 0 Å². The van der Waals surface area contributed by atoms with Gasteiger partial charge in [-0.15, -0.1) is 0 Å². The van der Waals surface area contributed by atoms with Crippen molar-refractivity contribution in [3.63, 3.8) is 0 Å². The van der Waals surface area contributed by atoms with E-state index < -0.39 is 35.8 Å². The maximum Gasteiger partial charge on any atom is 0.346 e. The maximum atomic E-state index is 12.2. The Balaban J connectivity index is 0.984. The summed E-state index contributed by atoms with van der Waals surface area (Å²) in [5, 5.41) is 0. The number of fused-ring (bicyclic) bond motifs is 2. The molecule has 0 N–H and O–H groups in total. The van der Waals surface area contributed by atoms with E-state index in [9.17, 15) is 28.8 Å². The van der Waals surface area contributed by atoms with Crippen molar-refractivity contribution in [2.24, 2.45) is 0 Å².